The molecule has 0 radical (unpaired) electrons. The highest BCUT2D eigenvalue weighted by molar-refractivity contribution is 5.91. The van der Waals surface area contributed by atoms with Crippen molar-refractivity contribution in [3.63, 3.8) is 0 Å². The van der Waals surface area contributed by atoms with E-state index in [4.69, 9.17) is 0 Å². The van der Waals surface area contributed by atoms with Gasteiger partial charge in [0.05, 0.1) is 0 Å². The number of piperidine rings is 1. The zero-order valence-corrected chi connectivity index (χ0v) is 13.1. The fourth-order valence-corrected chi connectivity index (χ4v) is 3.29. The first kappa shape index (κ1) is 16.8. The third kappa shape index (κ3) is 4.29. The van der Waals surface area contributed by atoms with Gasteiger partial charge in [0.1, 0.15) is 5.75 Å². The van der Waals surface area contributed by atoms with E-state index in [1.807, 2.05) is 4.90 Å². The molecule has 1 N–H and O–H groups in total. The van der Waals surface area contributed by atoms with E-state index >= 15 is 0 Å². The van der Waals surface area contributed by atoms with Crippen LogP contribution < -0.4 is 10.1 Å². The summed E-state index contributed by atoms with van der Waals surface area (Å²) in [6.07, 6.45) is -0.601. The van der Waals surface area contributed by atoms with Gasteiger partial charge in [-0.15, -0.1) is 13.2 Å². The van der Waals surface area contributed by atoms with E-state index in [-0.39, 0.29) is 11.7 Å². The van der Waals surface area contributed by atoms with E-state index < -0.39 is 6.36 Å². The van der Waals surface area contributed by atoms with Gasteiger partial charge in [0.2, 0.25) is 5.91 Å². The zero-order valence-electron chi connectivity index (χ0n) is 13.1. The number of hydrogen-bond donors (Lipinski definition) is 1. The van der Waals surface area contributed by atoms with Crippen molar-refractivity contribution in [2.24, 2.45) is 11.8 Å². The van der Waals surface area contributed by atoms with Crippen molar-refractivity contribution >= 4 is 12.0 Å². The number of benzene rings is 1. The maximum absolute atomic E-state index is 12.3. The van der Waals surface area contributed by atoms with Crippen LogP contribution in [0.1, 0.15) is 12.0 Å². The molecule has 0 bridgehead atoms. The van der Waals surface area contributed by atoms with Crippen LogP contribution in [0.2, 0.25) is 0 Å². The van der Waals surface area contributed by atoms with Crippen LogP contribution in [-0.4, -0.2) is 43.3 Å². The Morgan fingerprint density at radius 3 is 2.62 bits per heavy atom. The molecule has 2 saturated heterocycles. The van der Waals surface area contributed by atoms with Gasteiger partial charge in [0.15, 0.2) is 0 Å². The molecule has 2 fully saturated rings. The first-order valence-corrected chi connectivity index (χ1v) is 7.94. The number of ether oxygens (including phenoxy) is 1. The number of likely N-dealkylation sites (tertiary alicyclic amines) is 1. The average Bonchev–Trinajstić information content (AvgIpc) is 3.00. The van der Waals surface area contributed by atoms with E-state index in [1.54, 1.807) is 6.08 Å². The van der Waals surface area contributed by atoms with Crippen molar-refractivity contribution in [3.8, 4) is 5.75 Å². The number of alkyl halides is 3. The lowest BCUT2D eigenvalue weighted by atomic mass is 9.88. The van der Waals surface area contributed by atoms with Gasteiger partial charge in [-0.1, -0.05) is 12.1 Å². The summed E-state index contributed by atoms with van der Waals surface area (Å²) in [6, 6.07) is 5.43. The molecule has 1 amide bonds. The number of nitrogens with one attached hydrogen (secondary N) is 1. The van der Waals surface area contributed by atoms with E-state index in [2.05, 4.69) is 10.1 Å². The van der Waals surface area contributed by atoms with E-state index in [9.17, 15) is 18.0 Å². The summed E-state index contributed by atoms with van der Waals surface area (Å²) in [7, 11) is 0. The molecule has 0 spiro atoms. The van der Waals surface area contributed by atoms with E-state index in [0.717, 1.165) is 32.6 Å². The van der Waals surface area contributed by atoms with Crippen LogP contribution in [0.25, 0.3) is 6.08 Å². The number of carbonyl (C=O) groups is 1. The first-order valence-electron chi connectivity index (χ1n) is 7.94. The lowest BCUT2D eigenvalue weighted by Crippen LogP contribution is -2.42. The predicted molar refractivity (Wildman–Crippen MR) is 83.2 cm³/mol. The summed E-state index contributed by atoms with van der Waals surface area (Å²) >= 11 is 0. The largest absolute Gasteiger partial charge is 0.573 e. The summed E-state index contributed by atoms with van der Waals surface area (Å²) in [6.45, 7) is 3.51. The molecule has 4 nitrogen and oxygen atoms in total. The number of hydrogen-bond acceptors (Lipinski definition) is 3. The molecule has 1 aromatic carbocycles. The smallest absolute Gasteiger partial charge is 0.406 e. The van der Waals surface area contributed by atoms with Gasteiger partial charge in [-0.05, 0) is 55.1 Å². The van der Waals surface area contributed by atoms with Crippen molar-refractivity contribution in [1.82, 2.24) is 10.2 Å². The molecule has 24 heavy (non-hydrogen) atoms. The fraction of sp³-hybridized carbons (Fsp3) is 0.471. The maximum Gasteiger partial charge on any atom is 0.573 e. The highest BCUT2D eigenvalue weighted by atomic mass is 19.4. The third-order valence-corrected chi connectivity index (χ3v) is 4.55. The predicted octanol–water partition coefficient (Wildman–Crippen LogP) is 2.67. The van der Waals surface area contributed by atoms with Crippen LogP contribution in [-0.2, 0) is 4.79 Å². The zero-order chi connectivity index (χ0) is 17.2. The van der Waals surface area contributed by atoms with Gasteiger partial charge >= 0.3 is 6.36 Å². The van der Waals surface area contributed by atoms with Gasteiger partial charge in [0, 0.05) is 19.2 Å². The van der Waals surface area contributed by atoms with Gasteiger partial charge < -0.3 is 15.0 Å². The standard InChI is InChI=1S/C17H19F3N2O2/c18-17(19,20)24-15-4-1-12(2-5-15)3-6-16(23)22-8-7-13-9-21-10-14(13)11-22/h1-6,13-14,21H,7-11H2/b6-3+. The molecule has 7 heteroatoms. The summed E-state index contributed by atoms with van der Waals surface area (Å²) in [5.41, 5.74) is 0.648. The number of nitrogens with zero attached hydrogens (tertiary/aromatic N) is 1. The van der Waals surface area contributed by atoms with Crippen molar-refractivity contribution in [1.29, 1.82) is 0 Å². The highest BCUT2D eigenvalue weighted by Crippen LogP contribution is 2.27. The fourth-order valence-electron chi connectivity index (χ4n) is 3.29. The van der Waals surface area contributed by atoms with E-state index in [0.29, 0.717) is 17.4 Å². The molecule has 2 unspecified atom stereocenters. The van der Waals surface area contributed by atoms with Crippen molar-refractivity contribution in [2.45, 2.75) is 12.8 Å². The minimum Gasteiger partial charge on any atom is -0.406 e. The molecule has 2 atom stereocenters. The normalized spacial score (nSPS) is 24.2. The molecule has 0 aromatic heterocycles. The van der Waals surface area contributed by atoms with Crippen molar-refractivity contribution in [3.05, 3.63) is 35.9 Å². The Balaban J connectivity index is 1.56. The Morgan fingerprint density at radius 2 is 1.92 bits per heavy atom. The Labute approximate surface area is 138 Å². The summed E-state index contributed by atoms with van der Waals surface area (Å²) in [5.74, 6) is 0.854. The van der Waals surface area contributed by atoms with Gasteiger partial charge in [-0.25, -0.2) is 0 Å². The van der Waals surface area contributed by atoms with Gasteiger partial charge in [0.25, 0.3) is 0 Å². The Hall–Kier alpha value is -2.02. The van der Waals surface area contributed by atoms with E-state index in [1.165, 1.54) is 30.3 Å². The first-order chi connectivity index (χ1) is 11.4. The Kier molecular flexibility index (Phi) is 4.80. The molecular weight excluding hydrogens is 321 g/mol. The molecule has 2 aliphatic heterocycles. The Morgan fingerprint density at radius 1 is 1.21 bits per heavy atom. The van der Waals surface area contributed by atoms with Crippen LogP contribution in [0, 0.1) is 11.8 Å². The second-order valence-corrected chi connectivity index (χ2v) is 6.20. The summed E-state index contributed by atoms with van der Waals surface area (Å²) < 4.78 is 40.1. The Bertz CT molecular complexity index is 613. The highest BCUT2D eigenvalue weighted by Gasteiger charge is 2.34. The summed E-state index contributed by atoms with van der Waals surface area (Å²) in [4.78, 5) is 14.1. The lowest BCUT2D eigenvalue weighted by molar-refractivity contribution is -0.274. The lowest BCUT2D eigenvalue weighted by Gasteiger charge is -2.33. The van der Waals surface area contributed by atoms with Crippen LogP contribution in [0.3, 0.4) is 0 Å². The van der Waals surface area contributed by atoms with Gasteiger partial charge in [-0.2, -0.15) is 0 Å². The summed E-state index contributed by atoms with van der Waals surface area (Å²) in [5, 5.41) is 3.36. The number of fused-ring (bicyclic) bond motifs is 1. The van der Waals surface area contributed by atoms with Gasteiger partial charge in [-0.3, -0.25) is 4.79 Å². The quantitative estimate of drug-likeness (QED) is 0.860. The third-order valence-electron chi connectivity index (χ3n) is 4.55. The van der Waals surface area contributed by atoms with Crippen LogP contribution in [0.5, 0.6) is 5.75 Å². The second kappa shape index (κ2) is 6.84. The van der Waals surface area contributed by atoms with Crippen molar-refractivity contribution < 1.29 is 22.7 Å². The van der Waals surface area contributed by atoms with Crippen LogP contribution in [0.4, 0.5) is 13.2 Å². The second-order valence-electron chi connectivity index (χ2n) is 6.20. The monoisotopic (exact) mass is 340 g/mol. The molecule has 2 aliphatic rings. The number of carbonyl (C=O) groups excluding carboxylic acids is 1. The number of rotatable bonds is 3. The maximum atomic E-state index is 12.3. The number of halogens is 3. The minimum atomic E-state index is -4.70. The van der Waals surface area contributed by atoms with Crippen LogP contribution in [0.15, 0.2) is 30.3 Å². The molecule has 0 saturated carbocycles. The molecule has 2 heterocycles. The van der Waals surface area contributed by atoms with Crippen LogP contribution >= 0.6 is 0 Å². The molecule has 1 aromatic rings. The topological polar surface area (TPSA) is 41.6 Å². The number of amides is 1. The van der Waals surface area contributed by atoms with Crippen molar-refractivity contribution in [2.75, 3.05) is 26.2 Å². The molecule has 0 aliphatic carbocycles. The minimum absolute atomic E-state index is 0.0593. The molecule has 130 valence electrons. The molecular formula is C17H19F3N2O2. The SMILES string of the molecule is O=C(/C=C/c1ccc(OC(F)(F)F)cc1)N1CCC2CNCC2C1. The molecule has 3 rings (SSSR count). The average molecular weight is 340 g/mol.